The second kappa shape index (κ2) is 4.48. The number of nitrogens with zero attached hydrogens (tertiary/aromatic N) is 4. The third-order valence-electron chi connectivity index (χ3n) is 2.82. The smallest absolute Gasteiger partial charge is 0.157 e. The molecule has 0 saturated carbocycles. The summed E-state index contributed by atoms with van der Waals surface area (Å²) < 4.78 is 1.75. The molecule has 3 heterocycles. The molecule has 2 N–H and O–H groups in total. The first-order valence-corrected chi connectivity index (χ1v) is 5.93. The van der Waals surface area contributed by atoms with Crippen LogP contribution in [0.5, 0.6) is 0 Å². The third kappa shape index (κ3) is 1.92. The van der Waals surface area contributed by atoms with Gasteiger partial charge in [-0.3, -0.25) is 0 Å². The molecular weight excluding hydrogens is 228 g/mol. The van der Waals surface area contributed by atoms with Gasteiger partial charge in [0.25, 0.3) is 0 Å². The molecule has 0 bridgehead atoms. The molecule has 0 saturated heterocycles. The Bertz CT molecular complexity index is 594. The lowest BCUT2D eigenvalue weighted by Crippen LogP contribution is -2.11. The van der Waals surface area contributed by atoms with Gasteiger partial charge in [0.05, 0.1) is 6.04 Å². The molecule has 6 heteroatoms. The second-order valence-corrected chi connectivity index (χ2v) is 4.03. The molecule has 3 aromatic rings. The lowest BCUT2D eigenvalue weighted by atomic mass is 10.2. The summed E-state index contributed by atoms with van der Waals surface area (Å²) in [5.74, 6) is 1.72. The molecule has 0 radical (unpaired) electrons. The number of rotatable bonds is 4. The zero-order chi connectivity index (χ0) is 12.4. The molecule has 6 nitrogen and oxygen atoms in total. The van der Waals surface area contributed by atoms with E-state index in [-0.39, 0.29) is 6.04 Å². The zero-order valence-corrected chi connectivity index (χ0v) is 10.0. The van der Waals surface area contributed by atoms with Crippen LogP contribution in [-0.2, 0) is 0 Å². The van der Waals surface area contributed by atoms with Crippen LogP contribution in [0.1, 0.15) is 25.2 Å². The summed E-state index contributed by atoms with van der Waals surface area (Å²) in [4.78, 5) is 11.6. The van der Waals surface area contributed by atoms with Gasteiger partial charge in [-0.05, 0) is 12.5 Å². The number of fused-ring (bicyclic) bond motifs is 1. The normalized spacial score (nSPS) is 12.7. The summed E-state index contributed by atoms with van der Waals surface area (Å²) in [6.45, 7) is 2.11. The minimum Gasteiger partial charge on any atom is -0.359 e. The third-order valence-corrected chi connectivity index (χ3v) is 2.82. The topological polar surface area (TPSA) is 70.9 Å². The first-order chi connectivity index (χ1) is 8.86. The average molecular weight is 242 g/mol. The van der Waals surface area contributed by atoms with Crippen LogP contribution in [0.4, 0.5) is 5.82 Å². The fraction of sp³-hybridized carbons (Fsp3) is 0.250. The van der Waals surface area contributed by atoms with E-state index in [2.05, 4.69) is 32.3 Å². The highest BCUT2D eigenvalue weighted by Gasteiger charge is 2.13. The van der Waals surface area contributed by atoms with Crippen molar-refractivity contribution in [2.75, 3.05) is 5.32 Å². The summed E-state index contributed by atoms with van der Waals surface area (Å²) in [6, 6.07) is 3.91. The van der Waals surface area contributed by atoms with Crippen LogP contribution in [0.25, 0.3) is 5.65 Å². The van der Waals surface area contributed by atoms with Crippen LogP contribution in [0, 0.1) is 0 Å². The van der Waals surface area contributed by atoms with Crippen molar-refractivity contribution in [3.05, 3.63) is 42.7 Å². The maximum Gasteiger partial charge on any atom is 0.157 e. The van der Waals surface area contributed by atoms with Crippen molar-refractivity contribution in [1.82, 2.24) is 24.6 Å². The first-order valence-electron chi connectivity index (χ1n) is 5.93. The fourth-order valence-corrected chi connectivity index (χ4v) is 1.91. The molecular formula is C12H14N6. The minimum absolute atomic E-state index is 0.130. The molecule has 18 heavy (non-hydrogen) atoms. The number of imidazole rings is 1. The lowest BCUT2D eigenvalue weighted by Gasteiger charge is -2.13. The number of aromatic nitrogens is 5. The molecule has 0 aliphatic heterocycles. The van der Waals surface area contributed by atoms with E-state index in [1.54, 1.807) is 16.9 Å². The molecule has 0 amide bonds. The van der Waals surface area contributed by atoms with E-state index in [1.165, 1.54) is 0 Å². The van der Waals surface area contributed by atoms with E-state index < -0.39 is 0 Å². The van der Waals surface area contributed by atoms with Crippen molar-refractivity contribution in [3.63, 3.8) is 0 Å². The van der Waals surface area contributed by atoms with Gasteiger partial charge in [-0.15, -0.1) is 5.10 Å². The largest absolute Gasteiger partial charge is 0.359 e. The van der Waals surface area contributed by atoms with Crippen molar-refractivity contribution < 1.29 is 0 Å². The summed E-state index contributed by atoms with van der Waals surface area (Å²) in [6.07, 6.45) is 8.14. The first kappa shape index (κ1) is 10.8. The van der Waals surface area contributed by atoms with Gasteiger partial charge in [-0.2, -0.15) is 0 Å². The Morgan fingerprint density at radius 2 is 2.33 bits per heavy atom. The molecule has 0 fully saturated rings. The summed E-state index contributed by atoms with van der Waals surface area (Å²) in [7, 11) is 0. The van der Waals surface area contributed by atoms with Crippen molar-refractivity contribution in [2.45, 2.75) is 19.4 Å². The Kier molecular flexibility index (Phi) is 2.68. The van der Waals surface area contributed by atoms with Gasteiger partial charge in [-0.1, -0.05) is 6.92 Å². The van der Waals surface area contributed by atoms with Crippen molar-refractivity contribution in [2.24, 2.45) is 0 Å². The van der Waals surface area contributed by atoms with Gasteiger partial charge in [0.15, 0.2) is 11.5 Å². The van der Waals surface area contributed by atoms with Crippen molar-refractivity contribution in [3.8, 4) is 0 Å². The number of hydrogen-bond donors (Lipinski definition) is 2. The van der Waals surface area contributed by atoms with E-state index in [9.17, 15) is 0 Å². The van der Waals surface area contributed by atoms with Crippen LogP contribution < -0.4 is 5.32 Å². The highest BCUT2D eigenvalue weighted by Crippen LogP contribution is 2.19. The minimum atomic E-state index is 0.130. The van der Waals surface area contributed by atoms with Gasteiger partial charge in [0.2, 0.25) is 0 Å². The summed E-state index contributed by atoms with van der Waals surface area (Å²) in [5, 5.41) is 7.77. The maximum atomic E-state index is 4.41. The Balaban J connectivity index is 1.86. The Hall–Kier alpha value is -2.37. The standard InChI is InChI=1S/C12H14N6/c1-2-9(12-14-5-6-15-12)16-10-8-11-13-4-3-7-18(11)17-10/h3-9H,2H2,1H3,(H,14,15)(H,16,17). The Morgan fingerprint density at radius 1 is 1.39 bits per heavy atom. The average Bonchev–Trinajstić information content (AvgIpc) is 3.04. The molecule has 1 unspecified atom stereocenters. The van der Waals surface area contributed by atoms with Crippen molar-refractivity contribution in [1.29, 1.82) is 0 Å². The quantitative estimate of drug-likeness (QED) is 0.734. The molecule has 3 rings (SSSR count). The van der Waals surface area contributed by atoms with E-state index in [4.69, 9.17) is 0 Å². The highest BCUT2D eigenvalue weighted by molar-refractivity contribution is 5.50. The van der Waals surface area contributed by atoms with Gasteiger partial charge in [0.1, 0.15) is 5.82 Å². The van der Waals surface area contributed by atoms with Gasteiger partial charge in [-0.25, -0.2) is 14.5 Å². The Morgan fingerprint density at radius 3 is 3.06 bits per heavy atom. The summed E-state index contributed by atoms with van der Waals surface area (Å²) >= 11 is 0. The molecule has 3 aromatic heterocycles. The molecule has 92 valence electrons. The highest BCUT2D eigenvalue weighted by atomic mass is 15.3. The number of aromatic amines is 1. The molecule has 0 aliphatic carbocycles. The predicted octanol–water partition coefficient (Wildman–Crippen LogP) is 2.02. The summed E-state index contributed by atoms with van der Waals surface area (Å²) in [5.41, 5.74) is 0.828. The van der Waals surface area contributed by atoms with Gasteiger partial charge in [0, 0.05) is 30.9 Å². The Labute approximate surface area is 104 Å². The zero-order valence-electron chi connectivity index (χ0n) is 10.0. The van der Waals surface area contributed by atoms with E-state index in [0.29, 0.717) is 0 Å². The van der Waals surface area contributed by atoms with Crippen LogP contribution in [0.15, 0.2) is 36.9 Å². The maximum absolute atomic E-state index is 4.41. The van der Waals surface area contributed by atoms with E-state index >= 15 is 0 Å². The van der Waals surface area contributed by atoms with Gasteiger partial charge >= 0.3 is 0 Å². The van der Waals surface area contributed by atoms with Crippen LogP contribution >= 0.6 is 0 Å². The fourth-order valence-electron chi connectivity index (χ4n) is 1.91. The predicted molar refractivity (Wildman–Crippen MR) is 68.2 cm³/mol. The van der Waals surface area contributed by atoms with Crippen LogP contribution in [-0.4, -0.2) is 24.6 Å². The number of hydrogen-bond acceptors (Lipinski definition) is 4. The van der Waals surface area contributed by atoms with Crippen molar-refractivity contribution >= 4 is 11.5 Å². The monoisotopic (exact) mass is 242 g/mol. The molecule has 0 spiro atoms. The number of H-pyrrole nitrogens is 1. The van der Waals surface area contributed by atoms with Crippen LogP contribution in [0.3, 0.4) is 0 Å². The number of anilines is 1. The number of nitrogens with one attached hydrogen (secondary N) is 2. The van der Waals surface area contributed by atoms with Gasteiger partial charge < -0.3 is 10.3 Å². The van der Waals surface area contributed by atoms with E-state index in [0.717, 1.165) is 23.7 Å². The van der Waals surface area contributed by atoms with E-state index in [1.807, 2.05) is 24.5 Å². The molecule has 0 aliphatic rings. The SMILES string of the molecule is CCC(Nc1cc2ncccn2n1)c1ncc[nH]1. The lowest BCUT2D eigenvalue weighted by molar-refractivity contribution is 0.698. The molecule has 1 atom stereocenters. The van der Waals surface area contributed by atoms with Crippen LogP contribution in [0.2, 0.25) is 0 Å². The second-order valence-electron chi connectivity index (χ2n) is 4.03. The molecule has 0 aromatic carbocycles.